The summed E-state index contributed by atoms with van der Waals surface area (Å²) in [5.74, 6) is -0.135. The summed E-state index contributed by atoms with van der Waals surface area (Å²) >= 11 is 0. The molecule has 0 radical (unpaired) electrons. The van der Waals surface area contributed by atoms with E-state index < -0.39 is 5.54 Å². The highest BCUT2D eigenvalue weighted by molar-refractivity contribution is 5.91. The molecule has 1 heterocycles. The molecule has 0 bridgehead atoms. The summed E-state index contributed by atoms with van der Waals surface area (Å²) in [6.07, 6.45) is 2.96. The van der Waals surface area contributed by atoms with Crippen molar-refractivity contribution in [3.8, 4) is 0 Å². The summed E-state index contributed by atoms with van der Waals surface area (Å²) in [4.78, 5) is 24.0. The van der Waals surface area contributed by atoms with Crippen LogP contribution in [-0.4, -0.2) is 17.4 Å². The molecule has 0 saturated carbocycles. The smallest absolute Gasteiger partial charge is 0.245 e. The fourth-order valence-electron chi connectivity index (χ4n) is 2.45. The average molecular weight is 274 g/mol. The van der Waals surface area contributed by atoms with Gasteiger partial charge in [-0.2, -0.15) is 0 Å². The van der Waals surface area contributed by atoms with Crippen molar-refractivity contribution in [2.24, 2.45) is 0 Å². The second-order valence-electron chi connectivity index (χ2n) is 5.76. The van der Waals surface area contributed by atoms with Gasteiger partial charge in [-0.25, -0.2) is 0 Å². The number of amides is 2. The molecule has 1 aromatic carbocycles. The normalized spacial score (nSPS) is 22.8. The van der Waals surface area contributed by atoms with Crippen LogP contribution in [0.1, 0.15) is 43.7 Å². The van der Waals surface area contributed by atoms with Crippen LogP contribution < -0.4 is 10.6 Å². The van der Waals surface area contributed by atoms with E-state index in [2.05, 4.69) is 10.6 Å². The summed E-state index contributed by atoms with van der Waals surface area (Å²) in [5, 5.41) is 5.77. The second kappa shape index (κ2) is 6.07. The molecule has 0 unspecified atom stereocenters. The number of benzene rings is 1. The van der Waals surface area contributed by atoms with Crippen LogP contribution in [0.5, 0.6) is 0 Å². The highest BCUT2D eigenvalue weighted by Crippen LogP contribution is 2.19. The molecular weight excluding hydrogens is 252 g/mol. The quantitative estimate of drug-likeness (QED) is 0.886. The summed E-state index contributed by atoms with van der Waals surface area (Å²) in [6.45, 7) is 4.33. The van der Waals surface area contributed by atoms with Gasteiger partial charge in [-0.05, 0) is 32.3 Å². The molecule has 20 heavy (non-hydrogen) atoms. The van der Waals surface area contributed by atoms with Gasteiger partial charge in [0.2, 0.25) is 11.8 Å². The number of hydrogen-bond donors (Lipinski definition) is 2. The fourth-order valence-corrected chi connectivity index (χ4v) is 2.45. The Morgan fingerprint density at radius 3 is 2.70 bits per heavy atom. The van der Waals surface area contributed by atoms with Crippen molar-refractivity contribution in [2.75, 3.05) is 0 Å². The molecule has 0 aromatic heterocycles. The minimum atomic E-state index is -0.779. The van der Waals surface area contributed by atoms with E-state index in [0.29, 0.717) is 19.4 Å². The largest absolute Gasteiger partial charge is 0.350 e. The Morgan fingerprint density at radius 1 is 1.30 bits per heavy atom. The lowest BCUT2D eigenvalue weighted by molar-refractivity contribution is -0.132. The number of carbonyl (C=O) groups is 2. The topological polar surface area (TPSA) is 58.2 Å². The van der Waals surface area contributed by atoms with Gasteiger partial charge in [0, 0.05) is 13.0 Å². The zero-order valence-corrected chi connectivity index (χ0v) is 12.2. The van der Waals surface area contributed by atoms with Gasteiger partial charge in [0.15, 0.2) is 0 Å². The van der Waals surface area contributed by atoms with E-state index in [9.17, 15) is 9.59 Å². The maximum atomic E-state index is 12.3. The third-order valence-electron chi connectivity index (χ3n) is 3.82. The zero-order chi connectivity index (χ0) is 14.6. The molecule has 1 saturated heterocycles. The van der Waals surface area contributed by atoms with Crippen LogP contribution in [0.25, 0.3) is 0 Å². The SMILES string of the molecule is Cc1ccc(CNC(=O)[C@]2(C)CCCCC(=O)N2)cc1. The van der Waals surface area contributed by atoms with Gasteiger partial charge in [0.1, 0.15) is 5.54 Å². The van der Waals surface area contributed by atoms with Crippen LogP contribution in [-0.2, 0) is 16.1 Å². The monoisotopic (exact) mass is 274 g/mol. The molecule has 1 fully saturated rings. The van der Waals surface area contributed by atoms with Crippen LogP contribution in [0.2, 0.25) is 0 Å². The lowest BCUT2D eigenvalue weighted by Gasteiger charge is -2.27. The van der Waals surface area contributed by atoms with E-state index in [1.807, 2.05) is 31.2 Å². The van der Waals surface area contributed by atoms with E-state index in [1.165, 1.54) is 5.56 Å². The summed E-state index contributed by atoms with van der Waals surface area (Å²) in [7, 11) is 0. The van der Waals surface area contributed by atoms with Gasteiger partial charge >= 0.3 is 0 Å². The predicted octanol–water partition coefficient (Wildman–Crippen LogP) is 2.06. The van der Waals surface area contributed by atoms with Gasteiger partial charge in [0.05, 0.1) is 0 Å². The molecule has 1 aliphatic heterocycles. The molecule has 1 atom stereocenters. The summed E-state index contributed by atoms with van der Waals surface area (Å²) < 4.78 is 0. The van der Waals surface area contributed by atoms with Crippen LogP contribution in [0.15, 0.2) is 24.3 Å². The Bertz CT molecular complexity index is 496. The van der Waals surface area contributed by atoms with Gasteiger partial charge in [-0.15, -0.1) is 0 Å². The fraction of sp³-hybridized carbons (Fsp3) is 0.500. The molecular formula is C16H22N2O2. The van der Waals surface area contributed by atoms with E-state index in [1.54, 1.807) is 6.92 Å². The van der Waals surface area contributed by atoms with E-state index in [0.717, 1.165) is 18.4 Å². The number of rotatable bonds is 3. The second-order valence-corrected chi connectivity index (χ2v) is 5.76. The van der Waals surface area contributed by atoms with E-state index in [-0.39, 0.29) is 11.8 Å². The van der Waals surface area contributed by atoms with Crippen molar-refractivity contribution in [3.63, 3.8) is 0 Å². The average Bonchev–Trinajstić information content (AvgIpc) is 2.59. The molecule has 2 N–H and O–H groups in total. The Morgan fingerprint density at radius 2 is 2.00 bits per heavy atom. The molecule has 108 valence electrons. The van der Waals surface area contributed by atoms with Crippen molar-refractivity contribution < 1.29 is 9.59 Å². The van der Waals surface area contributed by atoms with Crippen LogP contribution in [0.4, 0.5) is 0 Å². The third kappa shape index (κ3) is 3.59. The van der Waals surface area contributed by atoms with Crippen molar-refractivity contribution in [1.29, 1.82) is 0 Å². The lowest BCUT2D eigenvalue weighted by atomic mass is 9.95. The van der Waals surface area contributed by atoms with Crippen LogP contribution in [0, 0.1) is 6.92 Å². The Labute approximate surface area is 119 Å². The highest BCUT2D eigenvalue weighted by Gasteiger charge is 2.35. The number of nitrogens with one attached hydrogen (secondary N) is 2. The van der Waals surface area contributed by atoms with Crippen molar-refractivity contribution in [3.05, 3.63) is 35.4 Å². The van der Waals surface area contributed by atoms with Crippen molar-refractivity contribution >= 4 is 11.8 Å². The lowest BCUT2D eigenvalue weighted by Crippen LogP contribution is -2.55. The van der Waals surface area contributed by atoms with E-state index in [4.69, 9.17) is 0 Å². The summed E-state index contributed by atoms with van der Waals surface area (Å²) in [5.41, 5.74) is 1.48. The molecule has 4 nitrogen and oxygen atoms in total. The van der Waals surface area contributed by atoms with Crippen LogP contribution >= 0.6 is 0 Å². The number of hydrogen-bond acceptors (Lipinski definition) is 2. The first-order valence-corrected chi connectivity index (χ1v) is 7.14. The Balaban J connectivity index is 1.96. The molecule has 4 heteroatoms. The van der Waals surface area contributed by atoms with Gasteiger partial charge in [-0.3, -0.25) is 9.59 Å². The van der Waals surface area contributed by atoms with Crippen molar-refractivity contribution in [2.45, 2.75) is 51.6 Å². The maximum Gasteiger partial charge on any atom is 0.245 e. The molecule has 1 aromatic rings. The molecule has 2 rings (SSSR count). The number of aryl methyl sites for hydroxylation is 1. The van der Waals surface area contributed by atoms with Crippen LogP contribution in [0.3, 0.4) is 0 Å². The minimum Gasteiger partial charge on any atom is -0.350 e. The Hall–Kier alpha value is -1.84. The molecule has 1 aliphatic rings. The highest BCUT2D eigenvalue weighted by atomic mass is 16.2. The van der Waals surface area contributed by atoms with Gasteiger partial charge in [-0.1, -0.05) is 36.2 Å². The molecule has 0 aliphatic carbocycles. The van der Waals surface area contributed by atoms with Crippen molar-refractivity contribution in [1.82, 2.24) is 10.6 Å². The predicted molar refractivity (Wildman–Crippen MR) is 78.0 cm³/mol. The molecule has 0 spiro atoms. The first kappa shape index (κ1) is 14.6. The van der Waals surface area contributed by atoms with E-state index >= 15 is 0 Å². The standard InChI is InChI=1S/C16H22N2O2/c1-12-6-8-13(9-7-12)11-17-15(20)16(2)10-4-3-5-14(19)18-16/h6-9H,3-5,10-11H2,1-2H3,(H,17,20)(H,18,19)/t16-/m0/s1. The molecule has 2 amide bonds. The summed E-state index contributed by atoms with van der Waals surface area (Å²) in [6, 6.07) is 8.06. The van der Waals surface area contributed by atoms with Gasteiger partial charge in [0.25, 0.3) is 0 Å². The number of carbonyl (C=O) groups excluding carboxylic acids is 2. The minimum absolute atomic E-state index is 0.0320. The Kier molecular flexibility index (Phi) is 4.42. The first-order valence-electron chi connectivity index (χ1n) is 7.14. The van der Waals surface area contributed by atoms with Gasteiger partial charge < -0.3 is 10.6 Å². The zero-order valence-electron chi connectivity index (χ0n) is 12.2. The first-order chi connectivity index (χ1) is 9.49. The maximum absolute atomic E-state index is 12.3. The third-order valence-corrected chi connectivity index (χ3v) is 3.82.